The van der Waals surface area contributed by atoms with Gasteiger partial charge < -0.3 is 5.32 Å². The first-order valence-corrected chi connectivity index (χ1v) is 8.93. The molecule has 2 saturated heterocycles. The van der Waals surface area contributed by atoms with Gasteiger partial charge in [-0.15, -0.1) is 0 Å². The van der Waals surface area contributed by atoms with E-state index in [1.165, 1.54) is 12.8 Å². The number of hydrogen-bond acceptors (Lipinski definition) is 3. The molecule has 0 aromatic rings. The van der Waals surface area contributed by atoms with E-state index in [0.29, 0.717) is 23.8 Å². The zero-order chi connectivity index (χ0) is 13.2. The molecule has 2 fully saturated rings. The van der Waals surface area contributed by atoms with E-state index in [-0.39, 0.29) is 6.04 Å². The molecule has 18 heavy (non-hydrogen) atoms. The van der Waals surface area contributed by atoms with E-state index >= 15 is 0 Å². The Balaban J connectivity index is 1.88. The molecule has 0 saturated carbocycles. The van der Waals surface area contributed by atoms with Crippen LogP contribution in [0.2, 0.25) is 0 Å². The fourth-order valence-corrected chi connectivity index (χ4v) is 5.18. The number of sulfonamides is 1. The van der Waals surface area contributed by atoms with E-state index in [9.17, 15) is 8.42 Å². The van der Waals surface area contributed by atoms with Crippen LogP contribution in [0.5, 0.6) is 0 Å². The second-order valence-electron chi connectivity index (χ2n) is 5.89. The predicted octanol–water partition coefficient (Wildman–Crippen LogP) is 1.62. The van der Waals surface area contributed by atoms with Crippen molar-refractivity contribution in [1.29, 1.82) is 0 Å². The van der Waals surface area contributed by atoms with Crippen LogP contribution in [0.15, 0.2) is 0 Å². The van der Waals surface area contributed by atoms with E-state index in [2.05, 4.69) is 23.9 Å². The summed E-state index contributed by atoms with van der Waals surface area (Å²) >= 11 is 0. The van der Waals surface area contributed by atoms with E-state index in [1.54, 1.807) is 0 Å². The van der Waals surface area contributed by atoms with Crippen molar-refractivity contribution < 1.29 is 8.42 Å². The van der Waals surface area contributed by atoms with E-state index in [4.69, 9.17) is 0 Å². The van der Waals surface area contributed by atoms with Crippen molar-refractivity contribution >= 4 is 10.0 Å². The van der Waals surface area contributed by atoms with Crippen molar-refractivity contribution in [3.05, 3.63) is 0 Å². The molecule has 4 nitrogen and oxygen atoms in total. The monoisotopic (exact) mass is 274 g/mol. The molecular weight excluding hydrogens is 248 g/mol. The highest BCUT2D eigenvalue weighted by atomic mass is 32.2. The third-order valence-electron chi connectivity index (χ3n) is 4.43. The second-order valence-corrected chi connectivity index (χ2v) is 7.69. The Labute approximate surface area is 111 Å². The highest BCUT2D eigenvalue weighted by molar-refractivity contribution is 7.89. The maximum absolute atomic E-state index is 12.1. The standard InChI is InChI=1S/C13H26N2O2S/c1-3-10(4-2)9-18(16,17)15-13-7-11-5-6-12(8-13)14-11/h10-15H,3-9H2,1-2H3. The Bertz CT molecular complexity index is 353. The first kappa shape index (κ1) is 14.3. The van der Waals surface area contributed by atoms with Gasteiger partial charge in [0.15, 0.2) is 0 Å². The highest BCUT2D eigenvalue weighted by Crippen LogP contribution is 2.27. The Morgan fingerprint density at radius 3 is 2.22 bits per heavy atom. The van der Waals surface area contributed by atoms with Crippen LogP contribution in [0.1, 0.15) is 52.4 Å². The molecule has 2 rings (SSSR count). The predicted molar refractivity (Wildman–Crippen MR) is 74.0 cm³/mol. The van der Waals surface area contributed by atoms with E-state index in [1.807, 2.05) is 0 Å². The SMILES string of the molecule is CCC(CC)CS(=O)(=O)NC1CC2CCC(C1)N2. The smallest absolute Gasteiger partial charge is 0.212 e. The average molecular weight is 274 g/mol. The molecule has 0 spiro atoms. The summed E-state index contributed by atoms with van der Waals surface area (Å²) in [7, 11) is -3.10. The van der Waals surface area contributed by atoms with Gasteiger partial charge in [-0.05, 0) is 31.6 Å². The Morgan fingerprint density at radius 2 is 1.72 bits per heavy atom. The van der Waals surface area contributed by atoms with Crippen molar-refractivity contribution in [2.75, 3.05) is 5.75 Å². The summed E-state index contributed by atoms with van der Waals surface area (Å²) in [4.78, 5) is 0. The molecule has 2 heterocycles. The van der Waals surface area contributed by atoms with Crippen LogP contribution in [0, 0.1) is 5.92 Å². The number of rotatable bonds is 6. The minimum Gasteiger partial charge on any atom is -0.311 e. The molecule has 2 aliphatic rings. The summed E-state index contributed by atoms with van der Waals surface area (Å²) in [5.41, 5.74) is 0. The van der Waals surface area contributed by atoms with Crippen LogP contribution in [0.4, 0.5) is 0 Å². The van der Waals surface area contributed by atoms with Crippen LogP contribution >= 0.6 is 0 Å². The summed E-state index contributed by atoms with van der Waals surface area (Å²) in [6.45, 7) is 4.13. The molecule has 106 valence electrons. The molecule has 0 aromatic heterocycles. The summed E-state index contributed by atoms with van der Waals surface area (Å²) < 4.78 is 27.2. The van der Waals surface area contributed by atoms with Gasteiger partial charge >= 0.3 is 0 Å². The van der Waals surface area contributed by atoms with Crippen molar-refractivity contribution in [1.82, 2.24) is 10.0 Å². The largest absolute Gasteiger partial charge is 0.311 e. The number of piperidine rings is 1. The van der Waals surface area contributed by atoms with Gasteiger partial charge in [-0.2, -0.15) is 0 Å². The van der Waals surface area contributed by atoms with Gasteiger partial charge in [-0.1, -0.05) is 26.7 Å². The van der Waals surface area contributed by atoms with Gasteiger partial charge in [-0.3, -0.25) is 0 Å². The molecule has 5 heteroatoms. The third kappa shape index (κ3) is 3.68. The molecule has 2 N–H and O–H groups in total. The number of fused-ring (bicyclic) bond motifs is 2. The zero-order valence-corrected chi connectivity index (χ0v) is 12.3. The summed E-state index contributed by atoms with van der Waals surface area (Å²) in [6, 6.07) is 1.22. The lowest BCUT2D eigenvalue weighted by atomic mass is 10.0. The van der Waals surface area contributed by atoms with Crippen LogP contribution in [-0.4, -0.2) is 32.3 Å². The molecule has 2 atom stereocenters. The second kappa shape index (κ2) is 5.88. The van der Waals surface area contributed by atoms with Crippen LogP contribution in [0.25, 0.3) is 0 Å². The van der Waals surface area contributed by atoms with Crippen LogP contribution < -0.4 is 10.0 Å². The lowest BCUT2D eigenvalue weighted by Crippen LogP contribution is -2.48. The lowest BCUT2D eigenvalue weighted by molar-refractivity contribution is 0.344. The van der Waals surface area contributed by atoms with Gasteiger partial charge in [0, 0.05) is 18.1 Å². The lowest BCUT2D eigenvalue weighted by Gasteiger charge is -2.29. The van der Waals surface area contributed by atoms with Crippen molar-refractivity contribution in [2.24, 2.45) is 5.92 Å². The summed E-state index contributed by atoms with van der Waals surface area (Å²) in [5, 5.41) is 3.53. The number of hydrogen-bond donors (Lipinski definition) is 2. The topological polar surface area (TPSA) is 58.2 Å². The van der Waals surface area contributed by atoms with E-state index in [0.717, 1.165) is 25.7 Å². The van der Waals surface area contributed by atoms with Crippen molar-refractivity contribution in [2.45, 2.75) is 70.5 Å². The fourth-order valence-electron chi connectivity index (χ4n) is 3.29. The molecule has 0 aliphatic carbocycles. The van der Waals surface area contributed by atoms with Gasteiger partial charge in [0.2, 0.25) is 10.0 Å². The molecule has 0 aromatic carbocycles. The molecular formula is C13H26N2O2S. The van der Waals surface area contributed by atoms with Crippen LogP contribution in [0.3, 0.4) is 0 Å². The van der Waals surface area contributed by atoms with Crippen molar-refractivity contribution in [3.63, 3.8) is 0 Å². The third-order valence-corrected chi connectivity index (χ3v) is 6.03. The molecule has 0 amide bonds. The minimum absolute atomic E-state index is 0.156. The summed E-state index contributed by atoms with van der Waals surface area (Å²) in [5.74, 6) is 0.583. The average Bonchev–Trinajstić information content (AvgIpc) is 2.65. The van der Waals surface area contributed by atoms with Crippen molar-refractivity contribution in [3.8, 4) is 0 Å². The fraction of sp³-hybridized carbons (Fsp3) is 1.00. The first-order chi connectivity index (χ1) is 8.52. The Morgan fingerprint density at radius 1 is 1.17 bits per heavy atom. The molecule has 2 aliphatic heterocycles. The highest BCUT2D eigenvalue weighted by Gasteiger charge is 2.35. The van der Waals surface area contributed by atoms with Gasteiger partial charge in [0.1, 0.15) is 0 Å². The van der Waals surface area contributed by atoms with Gasteiger partial charge in [0.25, 0.3) is 0 Å². The minimum atomic E-state index is -3.10. The Hall–Kier alpha value is -0.130. The molecule has 0 radical (unpaired) electrons. The first-order valence-electron chi connectivity index (χ1n) is 7.28. The van der Waals surface area contributed by atoms with Gasteiger partial charge in [-0.25, -0.2) is 13.1 Å². The quantitative estimate of drug-likeness (QED) is 0.774. The molecule has 2 unspecified atom stereocenters. The normalized spacial score (nSPS) is 32.1. The molecule has 2 bridgehead atoms. The van der Waals surface area contributed by atoms with Crippen LogP contribution in [-0.2, 0) is 10.0 Å². The maximum Gasteiger partial charge on any atom is 0.212 e. The summed E-state index contributed by atoms with van der Waals surface area (Å²) in [6.07, 6.45) is 6.20. The van der Waals surface area contributed by atoms with E-state index < -0.39 is 10.0 Å². The number of nitrogens with one attached hydrogen (secondary N) is 2. The maximum atomic E-state index is 12.1. The van der Waals surface area contributed by atoms with Gasteiger partial charge in [0.05, 0.1) is 5.75 Å². The Kier molecular flexibility index (Phi) is 4.67. The zero-order valence-electron chi connectivity index (χ0n) is 11.5.